The van der Waals surface area contributed by atoms with Crippen molar-refractivity contribution < 1.29 is 14.3 Å². The summed E-state index contributed by atoms with van der Waals surface area (Å²) >= 11 is 0. The smallest absolute Gasteiger partial charge is 0.255 e. The number of hydrogen-bond donors (Lipinski definition) is 1. The first-order chi connectivity index (χ1) is 13.1. The first-order valence-electron chi connectivity index (χ1n) is 8.47. The first-order valence-corrected chi connectivity index (χ1v) is 8.47. The van der Waals surface area contributed by atoms with Gasteiger partial charge in [0.15, 0.2) is 11.6 Å². The molecular formula is C19H19N5O3. The second kappa shape index (κ2) is 8.22. The summed E-state index contributed by atoms with van der Waals surface area (Å²) in [5.41, 5.74) is 1.72. The van der Waals surface area contributed by atoms with Gasteiger partial charge in [0.2, 0.25) is 0 Å². The molecule has 3 rings (SSSR count). The minimum atomic E-state index is -0.243. The van der Waals surface area contributed by atoms with Crippen molar-refractivity contribution in [3.8, 4) is 5.75 Å². The van der Waals surface area contributed by atoms with Crippen LogP contribution in [0.25, 0.3) is 0 Å². The number of carbonyl (C=O) groups is 2. The van der Waals surface area contributed by atoms with Crippen molar-refractivity contribution >= 4 is 17.4 Å². The molecule has 1 aromatic heterocycles. The number of tetrazole rings is 1. The lowest BCUT2D eigenvalue weighted by Gasteiger charge is -2.08. The Morgan fingerprint density at radius 2 is 1.70 bits per heavy atom. The lowest BCUT2D eigenvalue weighted by Crippen LogP contribution is -2.12. The number of rotatable bonds is 7. The topological polar surface area (TPSA) is 99.0 Å². The Bertz CT molecular complexity index is 933. The van der Waals surface area contributed by atoms with Gasteiger partial charge in [0.05, 0.1) is 0 Å². The third kappa shape index (κ3) is 4.55. The van der Waals surface area contributed by atoms with Crippen LogP contribution in [0.3, 0.4) is 0 Å². The predicted molar refractivity (Wildman–Crippen MR) is 98.7 cm³/mol. The van der Waals surface area contributed by atoms with Crippen molar-refractivity contribution in [1.29, 1.82) is 0 Å². The molecule has 0 fully saturated rings. The number of amides is 1. The zero-order valence-electron chi connectivity index (χ0n) is 15.0. The molecule has 0 aliphatic carbocycles. The molecule has 8 heteroatoms. The van der Waals surface area contributed by atoms with E-state index in [0.29, 0.717) is 34.9 Å². The number of aromatic nitrogens is 4. The molecular weight excluding hydrogens is 346 g/mol. The SMILES string of the molecule is CCn1nnnc1COc1ccc(C(=O)Nc2ccc(C(C)=O)cc2)cc1. The second-order valence-electron chi connectivity index (χ2n) is 5.81. The van der Waals surface area contributed by atoms with E-state index in [-0.39, 0.29) is 18.3 Å². The number of nitrogens with zero attached hydrogens (tertiary/aromatic N) is 4. The molecule has 1 amide bonds. The van der Waals surface area contributed by atoms with E-state index in [1.54, 1.807) is 53.2 Å². The molecule has 1 N–H and O–H groups in total. The second-order valence-corrected chi connectivity index (χ2v) is 5.81. The number of aryl methyl sites for hydroxylation is 1. The molecule has 0 spiro atoms. The molecule has 8 nitrogen and oxygen atoms in total. The maximum atomic E-state index is 12.3. The largest absolute Gasteiger partial charge is 0.486 e. The summed E-state index contributed by atoms with van der Waals surface area (Å²) < 4.78 is 7.31. The van der Waals surface area contributed by atoms with Gasteiger partial charge in [-0.3, -0.25) is 9.59 Å². The van der Waals surface area contributed by atoms with Crippen LogP contribution in [0.2, 0.25) is 0 Å². The zero-order valence-corrected chi connectivity index (χ0v) is 15.0. The molecule has 0 unspecified atom stereocenters. The van der Waals surface area contributed by atoms with E-state index in [4.69, 9.17) is 4.74 Å². The average molecular weight is 365 g/mol. The minimum absolute atomic E-state index is 0.0172. The van der Waals surface area contributed by atoms with Crippen LogP contribution in [0, 0.1) is 0 Å². The fourth-order valence-electron chi connectivity index (χ4n) is 2.41. The van der Waals surface area contributed by atoms with Crippen molar-refractivity contribution in [1.82, 2.24) is 20.2 Å². The molecule has 2 aromatic carbocycles. The third-order valence-electron chi connectivity index (χ3n) is 3.94. The van der Waals surface area contributed by atoms with Crippen LogP contribution in [0.15, 0.2) is 48.5 Å². The standard InChI is InChI=1S/C19H19N5O3/c1-3-24-18(21-22-23-24)12-27-17-10-6-15(7-11-17)19(26)20-16-8-4-14(5-9-16)13(2)25/h4-11H,3,12H2,1-2H3,(H,20,26). The highest BCUT2D eigenvalue weighted by Crippen LogP contribution is 2.16. The summed E-state index contributed by atoms with van der Waals surface area (Å²) in [4.78, 5) is 23.6. The monoisotopic (exact) mass is 365 g/mol. The van der Waals surface area contributed by atoms with E-state index in [1.165, 1.54) is 6.92 Å². The number of benzene rings is 2. The molecule has 0 radical (unpaired) electrons. The number of hydrogen-bond acceptors (Lipinski definition) is 6. The zero-order chi connectivity index (χ0) is 19.2. The van der Waals surface area contributed by atoms with Gasteiger partial charge in [-0.1, -0.05) is 0 Å². The number of ketones is 1. The average Bonchev–Trinajstić information content (AvgIpc) is 3.14. The minimum Gasteiger partial charge on any atom is -0.486 e. The van der Waals surface area contributed by atoms with Crippen molar-refractivity contribution in [2.45, 2.75) is 27.0 Å². The third-order valence-corrected chi connectivity index (χ3v) is 3.94. The number of nitrogens with one attached hydrogen (secondary N) is 1. The molecule has 0 saturated heterocycles. The van der Waals surface area contributed by atoms with Crippen LogP contribution in [0.5, 0.6) is 5.75 Å². The fourth-order valence-corrected chi connectivity index (χ4v) is 2.41. The Hall–Kier alpha value is -3.55. The van der Waals surface area contributed by atoms with Crippen molar-refractivity contribution in [2.75, 3.05) is 5.32 Å². The number of ether oxygens (including phenoxy) is 1. The Labute approximate surface area is 156 Å². The van der Waals surface area contributed by atoms with Crippen LogP contribution in [-0.4, -0.2) is 31.9 Å². The molecule has 0 aliphatic heterocycles. The Kier molecular flexibility index (Phi) is 5.55. The summed E-state index contributed by atoms with van der Waals surface area (Å²) in [5, 5.41) is 14.1. The molecule has 3 aromatic rings. The Balaban J connectivity index is 1.59. The maximum absolute atomic E-state index is 12.3. The highest BCUT2D eigenvalue weighted by molar-refractivity contribution is 6.04. The van der Waals surface area contributed by atoms with Gasteiger partial charge < -0.3 is 10.1 Å². The lowest BCUT2D eigenvalue weighted by atomic mass is 10.1. The van der Waals surface area contributed by atoms with Crippen molar-refractivity contribution in [3.63, 3.8) is 0 Å². The van der Waals surface area contributed by atoms with Crippen LogP contribution < -0.4 is 10.1 Å². The summed E-state index contributed by atoms with van der Waals surface area (Å²) in [7, 11) is 0. The van der Waals surface area contributed by atoms with Crippen LogP contribution in [-0.2, 0) is 13.2 Å². The van der Waals surface area contributed by atoms with Gasteiger partial charge in [0, 0.05) is 23.4 Å². The highest BCUT2D eigenvalue weighted by Gasteiger charge is 2.09. The lowest BCUT2D eigenvalue weighted by molar-refractivity contribution is 0.101. The quantitative estimate of drug-likeness (QED) is 0.646. The van der Waals surface area contributed by atoms with Gasteiger partial charge in [-0.2, -0.15) is 0 Å². The molecule has 1 heterocycles. The van der Waals surface area contributed by atoms with E-state index in [1.807, 2.05) is 6.92 Å². The maximum Gasteiger partial charge on any atom is 0.255 e. The van der Waals surface area contributed by atoms with E-state index >= 15 is 0 Å². The first kappa shape index (κ1) is 18.2. The predicted octanol–water partition coefficient (Wildman–Crippen LogP) is 2.73. The van der Waals surface area contributed by atoms with Gasteiger partial charge >= 0.3 is 0 Å². The van der Waals surface area contributed by atoms with E-state index in [2.05, 4.69) is 20.8 Å². The number of Topliss-reactive ketones (excluding diaryl/α,β-unsaturated/α-hetero) is 1. The van der Waals surface area contributed by atoms with E-state index in [9.17, 15) is 9.59 Å². The Morgan fingerprint density at radius 3 is 2.33 bits per heavy atom. The Morgan fingerprint density at radius 1 is 1.04 bits per heavy atom. The summed E-state index contributed by atoms with van der Waals surface area (Å²) in [6.45, 7) is 4.35. The molecule has 0 saturated carbocycles. The molecule has 0 bridgehead atoms. The van der Waals surface area contributed by atoms with E-state index in [0.717, 1.165) is 0 Å². The summed E-state index contributed by atoms with van der Waals surface area (Å²) in [6, 6.07) is 13.5. The van der Waals surface area contributed by atoms with Gasteiger partial charge in [0.1, 0.15) is 12.4 Å². The van der Waals surface area contributed by atoms with Crippen molar-refractivity contribution in [2.24, 2.45) is 0 Å². The molecule has 138 valence electrons. The van der Waals surface area contributed by atoms with Gasteiger partial charge in [0.25, 0.3) is 5.91 Å². The number of anilines is 1. The van der Waals surface area contributed by atoms with E-state index < -0.39 is 0 Å². The van der Waals surface area contributed by atoms with Crippen LogP contribution in [0.4, 0.5) is 5.69 Å². The number of carbonyl (C=O) groups excluding carboxylic acids is 2. The highest BCUT2D eigenvalue weighted by atomic mass is 16.5. The fraction of sp³-hybridized carbons (Fsp3) is 0.211. The molecule has 0 aliphatic rings. The van der Waals surface area contributed by atoms with Gasteiger partial charge in [-0.05, 0) is 72.8 Å². The summed E-state index contributed by atoms with van der Waals surface area (Å²) in [6.07, 6.45) is 0. The van der Waals surface area contributed by atoms with Crippen molar-refractivity contribution in [3.05, 3.63) is 65.5 Å². The summed E-state index contributed by atoms with van der Waals surface area (Å²) in [5.74, 6) is 0.986. The molecule has 27 heavy (non-hydrogen) atoms. The normalized spacial score (nSPS) is 10.4. The van der Waals surface area contributed by atoms with Gasteiger partial charge in [-0.25, -0.2) is 4.68 Å². The van der Waals surface area contributed by atoms with Crippen LogP contribution in [0.1, 0.15) is 40.4 Å². The van der Waals surface area contributed by atoms with Gasteiger partial charge in [-0.15, -0.1) is 5.10 Å². The van der Waals surface area contributed by atoms with Crippen LogP contribution >= 0.6 is 0 Å². The molecule has 0 atom stereocenters.